The molecule has 3 nitrogen and oxygen atoms in total. The van der Waals surface area contributed by atoms with Gasteiger partial charge < -0.3 is 5.11 Å². The smallest absolute Gasteiger partial charge is 0.304 e. The van der Waals surface area contributed by atoms with Gasteiger partial charge in [0.15, 0.2) is 0 Å². The molecule has 5 heteroatoms. The first kappa shape index (κ1) is 16.8. The largest absolute Gasteiger partial charge is 0.481 e. The lowest BCUT2D eigenvalue weighted by Crippen LogP contribution is -2.45. The molecule has 2 atom stereocenters. The summed E-state index contributed by atoms with van der Waals surface area (Å²) in [5.41, 5.74) is -0.279. The third-order valence-electron chi connectivity index (χ3n) is 4.23. The van der Waals surface area contributed by atoms with E-state index in [2.05, 4.69) is 4.99 Å². The van der Waals surface area contributed by atoms with Gasteiger partial charge in [-0.15, -0.1) is 0 Å². The topological polar surface area (TPSA) is 49.7 Å². The van der Waals surface area contributed by atoms with Crippen LogP contribution in [-0.4, -0.2) is 28.8 Å². The molecule has 1 heterocycles. The van der Waals surface area contributed by atoms with E-state index in [-0.39, 0.29) is 29.9 Å². The molecule has 0 bridgehead atoms. The Morgan fingerprint density at radius 3 is 2.30 bits per heavy atom. The second kappa shape index (κ2) is 6.02. The Hall–Kier alpha value is -1.26. The van der Waals surface area contributed by atoms with Crippen LogP contribution < -0.4 is 0 Å². The van der Waals surface area contributed by atoms with E-state index in [9.17, 15) is 13.6 Å². The zero-order valence-electron chi connectivity index (χ0n) is 12.7. The first-order valence-electron chi connectivity index (χ1n) is 6.90. The van der Waals surface area contributed by atoms with Crippen molar-refractivity contribution >= 4 is 11.7 Å². The summed E-state index contributed by atoms with van der Waals surface area (Å²) in [5, 5.41) is 9.13. The molecule has 1 aliphatic rings. The maximum Gasteiger partial charge on any atom is 0.304 e. The minimum absolute atomic E-state index is 0.0154. The molecule has 1 aliphatic heterocycles. The molecule has 0 aromatic heterocycles. The fourth-order valence-corrected chi connectivity index (χ4v) is 2.71. The standard InChI is InChI=1S/C15H23F2NO2/c1-8(2)10-6-12(14(16)17)18-15(5,9(3)4)11(10)7-13(19)20/h6,8-9,11,14H,7H2,1-5H3,(H,19,20). The number of carboxylic acid groups (broad SMARTS) is 1. The van der Waals surface area contributed by atoms with Crippen molar-refractivity contribution in [3.63, 3.8) is 0 Å². The predicted octanol–water partition coefficient (Wildman–Crippen LogP) is 3.79. The molecule has 0 spiro atoms. The quantitative estimate of drug-likeness (QED) is 0.836. The van der Waals surface area contributed by atoms with Crippen molar-refractivity contribution in [2.75, 3.05) is 0 Å². The maximum absolute atomic E-state index is 13.1. The molecule has 0 saturated carbocycles. The molecule has 0 saturated heterocycles. The Morgan fingerprint density at radius 1 is 1.40 bits per heavy atom. The predicted molar refractivity (Wildman–Crippen MR) is 75.3 cm³/mol. The third kappa shape index (κ3) is 3.25. The summed E-state index contributed by atoms with van der Waals surface area (Å²) in [6, 6.07) is 0. The lowest BCUT2D eigenvalue weighted by molar-refractivity contribution is -0.138. The first-order chi connectivity index (χ1) is 9.09. The number of allylic oxidation sites excluding steroid dienone is 1. The van der Waals surface area contributed by atoms with E-state index in [4.69, 9.17) is 5.11 Å². The number of halogens is 2. The van der Waals surface area contributed by atoms with Crippen molar-refractivity contribution < 1.29 is 18.7 Å². The van der Waals surface area contributed by atoms with Gasteiger partial charge in [-0.25, -0.2) is 8.78 Å². The summed E-state index contributed by atoms with van der Waals surface area (Å²) in [5.74, 6) is -1.28. The Balaban J connectivity index is 3.37. The normalized spacial score (nSPS) is 27.0. The Morgan fingerprint density at radius 2 is 1.95 bits per heavy atom. The van der Waals surface area contributed by atoms with Crippen LogP contribution in [0.15, 0.2) is 16.6 Å². The van der Waals surface area contributed by atoms with Crippen molar-refractivity contribution in [3.05, 3.63) is 11.6 Å². The van der Waals surface area contributed by atoms with E-state index >= 15 is 0 Å². The van der Waals surface area contributed by atoms with Crippen LogP contribution in [0.4, 0.5) is 8.78 Å². The monoisotopic (exact) mass is 287 g/mol. The van der Waals surface area contributed by atoms with Crippen LogP contribution in [0, 0.1) is 17.8 Å². The minimum Gasteiger partial charge on any atom is -0.481 e. The van der Waals surface area contributed by atoms with Gasteiger partial charge in [0.05, 0.1) is 12.0 Å². The van der Waals surface area contributed by atoms with Gasteiger partial charge in [0.1, 0.15) is 5.71 Å². The summed E-state index contributed by atoms with van der Waals surface area (Å²) in [7, 11) is 0. The molecule has 1 rings (SSSR count). The van der Waals surface area contributed by atoms with Gasteiger partial charge in [-0.2, -0.15) is 0 Å². The summed E-state index contributed by atoms with van der Waals surface area (Å²) in [4.78, 5) is 15.3. The van der Waals surface area contributed by atoms with Crippen LogP contribution in [0.1, 0.15) is 41.0 Å². The Kier molecular flexibility index (Phi) is 5.05. The van der Waals surface area contributed by atoms with Crippen molar-refractivity contribution in [1.82, 2.24) is 0 Å². The fraction of sp³-hybridized carbons (Fsp3) is 0.733. The highest BCUT2D eigenvalue weighted by atomic mass is 19.3. The highest BCUT2D eigenvalue weighted by Gasteiger charge is 2.44. The van der Waals surface area contributed by atoms with Crippen LogP contribution in [0.25, 0.3) is 0 Å². The minimum atomic E-state index is -2.63. The molecule has 0 fully saturated rings. The number of rotatable bonds is 5. The van der Waals surface area contributed by atoms with E-state index in [1.54, 1.807) is 6.92 Å². The molecule has 20 heavy (non-hydrogen) atoms. The zero-order valence-corrected chi connectivity index (χ0v) is 12.7. The fourth-order valence-electron chi connectivity index (χ4n) is 2.71. The van der Waals surface area contributed by atoms with Crippen LogP contribution in [-0.2, 0) is 4.79 Å². The maximum atomic E-state index is 13.1. The molecule has 0 aliphatic carbocycles. The van der Waals surface area contributed by atoms with E-state index in [1.165, 1.54) is 6.08 Å². The first-order valence-corrected chi connectivity index (χ1v) is 6.90. The van der Waals surface area contributed by atoms with Crippen molar-refractivity contribution in [3.8, 4) is 0 Å². The molecule has 0 aromatic rings. The van der Waals surface area contributed by atoms with Gasteiger partial charge >= 0.3 is 5.97 Å². The third-order valence-corrected chi connectivity index (χ3v) is 4.23. The summed E-state index contributed by atoms with van der Waals surface area (Å²) < 4.78 is 26.1. The SMILES string of the molecule is CC(C)C1=CC(C(F)F)=NC(C)(C(C)C)C1CC(=O)O. The summed E-state index contributed by atoms with van der Waals surface area (Å²) in [6.45, 7) is 9.37. The highest BCUT2D eigenvalue weighted by Crippen LogP contribution is 2.43. The lowest BCUT2D eigenvalue weighted by Gasteiger charge is -2.43. The number of carboxylic acids is 1. The van der Waals surface area contributed by atoms with Gasteiger partial charge in [0, 0.05) is 5.92 Å². The number of aliphatic imine (C=N–C) groups is 1. The average molecular weight is 287 g/mol. The van der Waals surface area contributed by atoms with Crippen molar-refractivity contribution in [2.45, 2.75) is 53.0 Å². The van der Waals surface area contributed by atoms with Gasteiger partial charge in [-0.3, -0.25) is 9.79 Å². The lowest BCUT2D eigenvalue weighted by atomic mass is 9.68. The van der Waals surface area contributed by atoms with E-state index in [0.29, 0.717) is 0 Å². The van der Waals surface area contributed by atoms with E-state index < -0.39 is 17.9 Å². The van der Waals surface area contributed by atoms with Crippen molar-refractivity contribution in [2.24, 2.45) is 22.7 Å². The number of aliphatic carboxylic acids is 1. The van der Waals surface area contributed by atoms with Gasteiger partial charge in [0.2, 0.25) is 0 Å². The molecule has 0 radical (unpaired) electrons. The van der Waals surface area contributed by atoms with Crippen LogP contribution in [0.5, 0.6) is 0 Å². The van der Waals surface area contributed by atoms with Crippen LogP contribution in [0.3, 0.4) is 0 Å². The van der Waals surface area contributed by atoms with Gasteiger partial charge in [0.25, 0.3) is 6.43 Å². The number of hydrogen-bond acceptors (Lipinski definition) is 2. The van der Waals surface area contributed by atoms with Gasteiger partial charge in [-0.05, 0) is 24.8 Å². The molecule has 1 N–H and O–H groups in total. The molecule has 0 amide bonds. The number of hydrogen-bond donors (Lipinski definition) is 1. The summed E-state index contributed by atoms with van der Waals surface area (Å²) >= 11 is 0. The molecule has 2 unspecified atom stereocenters. The second-order valence-electron chi connectivity index (χ2n) is 6.17. The van der Waals surface area contributed by atoms with Crippen LogP contribution in [0.2, 0.25) is 0 Å². The molecular formula is C15H23F2NO2. The van der Waals surface area contributed by atoms with E-state index in [0.717, 1.165) is 5.57 Å². The number of carbonyl (C=O) groups is 1. The molecule has 0 aromatic carbocycles. The Bertz CT molecular complexity index is 441. The second-order valence-corrected chi connectivity index (χ2v) is 6.17. The number of dihydropyridines is 1. The summed E-state index contributed by atoms with van der Waals surface area (Å²) in [6.07, 6.45) is -1.32. The molecular weight excluding hydrogens is 264 g/mol. The van der Waals surface area contributed by atoms with E-state index in [1.807, 2.05) is 27.7 Å². The number of nitrogens with zero attached hydrogens (tertiary/aromatic N) is 1. The van der Waals surface area contributed by atoms with Crippen LogP contribution >= 0.6 is 0 Å². The average Bonchev–Trinajstić information content (AvgIpc) is 2.30. The Labute approximate surface area is 118 Å². The van der Waals surface area contributed by atoms with Crippen molar-refractivity contribution in [1.29, 1.82) is 0 Å². The van der Waals surface area contributed by atoms with Gasteiger partial charge in [-0.1, -0.05) is 33.3 Å². The number of alkyl halides is 2. The molecule has 114 valence electrons. The highest BCUT2D eigenvalue weighted by molar-refractivity contribution is 5.99. The zero-order chi connectivity index (χ0) is 15.7.